The van der Waals surface area contributed by atoms with Gasteiger partial charge in [-0.1, -0.05) is 56.5 Å². The lowest BCUT2D eigenvalue weighted by Gasteiger charge is -2.13. The minimum atomic E-state index is -0.0783. The Kier molecular flexibility index (Phi) is 8.93. The van der Waals surface area contributed by atoms with Crippen LogP contribution in [0.2, 0.25) is 5.02 Å². The smallest absolute Gasteiger partial charge is 0.185 e. The minimum Gasteiger partial charge on any atom is -0.490 e. The predicted octanol–water partition coefficient (Wildman–Crippen LogP) is 6.59. The normalized spacial score (nSPS) is 10.9. The van der Waals surface area contributed by atoms with Gasteiger partial charge in [0.25, 0.3) is 0 Å². The molecule has 0 fully saturated rings. The number of hydrogen-bond acceptors (Lipinski definition) is 3. The zero-order valence-corrected chi connectivity index (χ0v) is 16.8. The third kappa shape index (κ3) is 7.10. The second-order valence-corrected chi connectivity index (χ2v) is 6.75. The minimum absolute atomic E-state index is 0.0783. The van der Waals surface area contributed by atoms with E-state index in [-0.39, 0.29) is 5.78 Å². The number of allylic oxidation sites excluding steroid dienone is 1. The molecule has 0 radical (unpaired) electrons. The molecule has 4 heteroatoms. The number of carbonyl (C=O) groups is 1. The molecule has 0 saturated carbocycles. The maximum Gasteiger partial charge on any atom is 0.185 e. The largest absolute Gasteiger partial charge is 0.490 e. The summed E-state index contributed by atoms with van der Waals surface area (Å²) in [4.78, 5) is 12.5. The molecule has 0 heterocycles. The van der Waals surface area contributed by atoms with Crippen LogP contribution in [0.4, 0.5) is 0 Å². The van der Waals surface area contributed by atoms with Crippen LogP contribution >= 0.6 is 11.6 Å². The van der Waals surface area contributed by atoms with E-state index >= 15 is 0 Å². The maximum absolute atomic E-state index is 12.5. The summed E-state index contributed by atoms with van der Waals surface area (Å²) in [6, 6.07) is 12.7. The Balaban J connectivity index is 2.13. The quantitative estimate of drug-likeness (QED) is 0.248. The van der Waals surface area contributed by atoms with Crippen molar-refractivity contribution in [2.24, 2.45) is 0 Å². The Morgan fingerprint density at radius 3 is 2.19 bits per heavy atom. The Morgan fingerprint density at radius 1 is 0.926 bits per heavy atom. The molecule has 2 aromatic rings. The molecule has 0 aliphatic carbocycles. The van der Waals surface area contributed by atoms with Crippen LogP contribution in [0.3, 0.4) is 0 Å². The zero-order valence-electron chi connectivity index (χ0n) is 16.0. The van der Waals surface area contributed by atoms with Gasteiger partial charge in [0.1, 0.15) is 0 Å². The molecule has 144 valence electrons. The fraction of sp³-hybridized carbons (Fsp3) is 0.348. The highest BCUT2D eigenvalue weighted by Gasteiger charge is 2.10. The molecule has 0 aromatic heterocycles. The van der Waals surface area contributed by atoms with Gasteiger partial charge < -0.3 is 9.47 Å². The molecule has 0 spiro atoms. The highest BCUT2D eigenvalue weighted by molar-refractivity contribution is 6.30. The SMILES string of the molecule is CCCCOc1ccc(C(=O)C=Cc2ccc(Cl)cc2)cc1OCCCC. The van der Waals surface area contributed by atoms with Gasteiger partial charge in [-0.25, -0.2) is 0 Å². The first-order valence-corrected chi connectivity index (χ1v) is 9.89. The van der Waals surface area contributed by atoms with Crippen LogP contribution in [-0.2, 0) is 0 Å². The first-order valence-electron chi connectivity index (χ1n) is 9.51. The van der Waals surface area contributed by atoms with Crippen molar-refractivity contribution in [3.63, 3.8) is 0 Å². The number of ketones is 1. The van der Waals surface area contributed by atoms with E-state index in [2.05, 4.69) is 13.8 Å². The third-order valence-electron chi connectivity index (χ3n) is 4.04. The van der Waals surface area contributed by atoms with Crippen LogP contribution in [0, 0.1) is 0 Å². The van der Waals surface area contributed by atoms with Crippen molar-refractivity contribution in [1.29, 1.82) is 0 Å². The van der Waals surface area contributed by atoms with E-state index in [1.54, 1.807) is 36.4 Å². The van der Waals surface area contributed by atoms with Gasteiger partial charge in [0.15, 0.2) is 17.3 Å². The molecular formula is C23H27ClO3. The summed E-state index contributed by atoms with van der Waals surface area (Å²) in [5.74, 6) is 1.24. The van der Waals surface area contributed by atoms with E-state index in [9.17, 15) is 4.79 Å². The molecule has 0 aliphatic heterocycles. The Bertz CT molecular complexity index is 751. The highest BCUT2D eigenvalue weighted by atomic mass is 35.5. The van der Waals surface area contributed by atoms with E-state index in [0.717, 1.165) is 31.2 Å². The number of unbranched alkanes of at least 4 members (excludes halogenated alkanes) is 2. The van der Waals surface area contributed by atoms with E-state index < -0.39 is 0 Å². The molecule has 27 heavy (non-hydrogen) atoms. The molecule has 0 saturated heterocycles. The summed E-state index contributed by atoms with van der Waals surface area (Å²) < 4.78 is 11.7. The summed E-state index contributed by atoms with van der Waals surface area (Å²) in [6.45, 7) is 5.49. The van der Waals surface area contributed by atoms with Crippen molar-refractivity contribution < 1.29 is 14.3 Å². The van der Waals surface area contributed by atoms with Crippen LogP contribution in [0.15, 0.2) is 48.5 Å². The molecule has 2 rings (SSSR count). The number of halogens is 1. The number of hydrogen-bond donors (Lipinski definition) is 0. The average molecular weight is 387 g/mol. The monoisotopic (exact) mass is 386 g/mol. The summed E-state index contributed by atoms with van der Waals surface area (Å²) in [7, 11) is 0. The van der Waals surface area contributed by atoms with Crippen LogP contribution in [0.1, 0.15) is 55.5 Å². The standard InChI is InChI=1S/C23H27ClO3/c1-3-5-15-26-22-14-10-19(17-23(22)27-16-6-4-2)21(25)13-9-18-7-11-20(24)12-8-18/h7-14,17H,3-6,15-16H2,1-2H3. The Hall–Kier alpha value is -2.26. The Morgan fingerprint density at radius 2 is 1.56 bits per heavy atom. The highest BCUT2D eigenvalue weighted by Crippen LogP contribution is 2.29. The van der Waals surface area contributed by atoms with Gasteiger partial charge in [0, 0.05) is 10.6 Å². The number of benzene rings is 2. The maximum atomic E-state index is 12.5. The first-order chi connectivity index (χ1) is 13.1. The molecular weight excluding hydrogens is 360 g/mol. The second-order valence-electron chi connectivity index (χ2n) is 6.31. The average Bonchev–Trinajstić information content (AvgIpc) is 2.68. The number of ether oxygens (including phenoxy) is 2. The fourth-order valence-electron chi connectivity index (χ4n) is 2.39. The molecule has 0 bridgehead atoms. The number of carbonyl (C=O) groups excluding carboxylic acids is 1. The predicted molar refractivity (Wildman–Crippen MR) is 112 cm³/mol. The van der Waals surface area contributed by atoms with Gasteiger partial charge >= 0.3 is 0 Å². The van der Waals surface area contributed by atoms with Crippen LogP contribution in [0.25, 0.3) is 6.08 Å². The molecule has 2 aromatic carbocycles. The molecule has 3 nitrogen and oxygen atoms in total. The summed E-state index contributed by atoms with van der Waals surface area (Å²) in [5, 5.41) is 0.672. The molecule has 0 N–H and O–H groups in total. The van der Waals surface area contributed by atoms with Crippen LogP contribution in [-0.4, -0.2) is 19.0 Å². The van der Waals surface area contributed by atoms with Gasteiger partial charge in [0.2, 0.25) is 0 Å². The summed E-state index contributed by atoms with van der Waals surface area (Å²) >= 11 is 5.88. The lowest BCUT2D eigenvalue weighted by Crippen LogP contribution is -2.04. The van der Waals surface area contributed by atoms with Crippen molar-refractivity contribution in [2.75, 3.05) is 13.2 Å². The number of rotatable bonds is 11. The van der Waals surface area contributed by atoms with E-state index in [0.29, 0.717) is 35.3 Å². The van der Waals surface area contributed by atoms with Gasteiger partial charge in [0.05, 0.1) is 13.2 Å². The van der Waals surface area contributed by atoms with Gasteiger partial charge in [-0.05, 0) is 54.8 Å². The molecule has 0 aliphatic rings. The van der Waals surface area contributed by atoms with Crippen molar-refractivity contribution in [3.8, 4) is 11.5 Å². The van der Waals surface area contributed by atoms with Crippen molar-refractivity contribution in [2.45, 2.75) is 39.5 Å². The lowest BCUT2D eigenvalue weighted by atomic mass is 10.1. The topological polar surface area (TPSA) is 35.5 Å². The first kappa shape index (κ1) is 21.0. The van der Waals surface area contributed by atoms with Gasteiger partial charge in [-0.15, -0.1) is 0 Å². The molecule has 0 atom stereocenters. The van der Waals surface area contributed by atoms with Crippen molar-refractivity contribution in [3.05, 3.63) is 64.7 Å². The lowest BCUT2D eigenvalue weighted by molar-refractivity contribution is 0.104. The van der Waals surface area contributed by atoms with Gasteiger partial charge in [-0.2, -0.15) is 0 Å². The fourth-order valence-corrected chi connectivity index (χ4v) is 2.51. The molecule has 0 amide bonds. The van der Waals surface area contributed by atoms with Crippen molar-refractivity contribution >= 4 is 23.5 Å². The summed E-state index contributed by atoms with van der Waals surface area (Å²) in [6.07, 6.45) is 7.41. The van der Waals surface area contributed by atoms with Gasteiger partial charge in [-0.3, -0.25) is 4.79 Å². The van der Waals surface area contributed by atoms with Crippen LogP contribution in [0.5, 0.6) is 11.5 Å². The van der Waals surface area contributed by atoms with E-state index in [1.807, 2.05) is 18.2 Å². The second kappa shape index (κ2) is 11.5. The van der Waals surface area contributed by atoms with E-state index in [4.69, 9.17) is 21.1 Å². The third-order valence-corrected chi connectivity index (χ3v) is 4.29. The summed E-state index contributed by atoms with van der Waals surface area (Å²) in [5.41, 5.74) is 1.50. The molecule has 0 unspecified atom stereocenters. The zero-order chi connectivity index (χ0) is 19.5. The van der Waals surface area contributed by atoms with Crippen molar-refractivity contribution in [1.82, 2.24) is 0 Å². The Labute approximate surface area is 167 Å². The van der Waals surface area contributed by atoms with E-state index in [1.165, 1.54) is 0 Å². The van der Waals surface area contributed by atoms with Crippen LogP contribution < -0.4 is 9.47 Å².